The highest BCUT2D eigenvalue weighted by molar-refractivity contribution is 7.98. The van der Waals surface area contributed by atoms with Crippen molar-refractivity contribution in [1.29, 1.82) is 0 Å². The Bertz CT molecular complexity index is 2240. The van der Waals surface area contributed by atoms with Crippen molar-refractivity contribution in [2.45, 2.75) is 70.2 Å². The molecule has 0 spiro atoms. The number of rotatable bonds is 12. The fourth-order valence-electron chi connectivity index (χ4n) is 7.20. The Morgan fingerprint density at radius 3 is 2.63 bits per heavy atom. The summed E-state index contributed by atoms with van der Waals surface area (Å²) in [5.41, 5.74) is 7.73. The number of ether oxygens (including phenoxy) is 1. The molecule has 0 atom stereocenters. The molecule has 0 bridgehead atoms. The molecule has 7 rings (SSSR count). The van der Waals surface area contributed by atoms with E-state index in [1.165, 1.54) is 12.1 Å². The Morgan fingerprint density at radius 2 is 1.86 bits per heavy atom. The van der Waals surface area contributed by atoms with Gasteiger partial charge in [0.25, 0.3) is 0 Å². The van der Waals surface area contributed by atoms with Gasteiger partial charge in [0, 0.05) is 71.1 Å². The lowest BCUT2D eigenvalue weighted by Gasteiger charge is -2.13. The largest absolute Gasteiger partial charge is 0.493 e. The first-order valence-corrected chi connectivity index (χ1v) is 18.8. The van der Waals surface area contributed by atoms with Gasteiger partial charge in [0.2, 0.25) is 0 Å². The number of hydrogen-bond acceptors (Lipinski definition) is 6. The van der Waals surface area contributed by atoms with Gasteiger partial charge in [0.1, 0.15) is 17.3 Å². The Kier molecular flexibility index (Phi) is 11.1. The van der Waals surface area contributed by atoms with Crippen LogP contribution in [0.5, 0.6) is 5.75 Å². The van der Waals surface area contributed by atoms with E-state index in [-0.39, 0.29) is 11.5 Å². The molecular formula is C39H44ClFN6O3S. The quantitative estimate of drug-likeness (QED) is 0.0960. The smallest absolute Gasteiger partial charge is 0.352 e. The van der Waals surface area contributed by atoms with Crippen LogP contribution in [-0.2, 0) is 45.8 Å². The molecule has 9 nitrogen and oxygen atoms in total. The standard InChI is InChI=1S/C37H38ClFN6O3S.C2H6/c1-21-33(31-8-5-13-45(31)41-21)34-30(38)12-11-29-28(36(37(46)47)43(3)35(29)34)7-6-14-48-32-18-26(16-22-15-23(39)9-10-27(22)32)49-20-25-17-24(19-40-2)42-44(25)4;1-2/h9-12,15-18,40H,5-8,13-14,19-20H2,1-4H3,(H,46,47);1-2H3. The lowest BCUT2D eigenvalue weighted by atomic mass is 9.97. The maximum atomic E-state index is 14.3. The third-order valence-electron chi connectivity index (χ3n) is 9.33. The summed E-state index contributed by atoms with van der Waals surface area (Å²) in [5.74, 6) is 0.0620. The second-order valence-corrected chi connectivity index (χ2v) is 14.0. The second-order valence-electron chi connectivity index (χ2n) is 12.6. The van der Waals surface area contributed by atoms with Gasteiger partial charge in [0.05, 0.1) is 28.5 Å². The summed E-state index contributed by atoms with van der Waals surface area (Å²) in [6.45, 7) is 7.90. The predicted molar refractivity (Wildman–Crippen MR) is 204 cm³/mol. The lowest BCUT2D eigenvalue weighted by Crippen LogP contribution is -2.09. The minimum atomic E-state index is -0.988. The van der Waals surface area contributed by atoms with Crippen LogP contribution in [0.15, 0.2) is 53.4 Å². The number of aryl methyl sites for hydroxylation is 5. The minimum Gasteiger partial charge on any atom is -0.493 e. The van der Waals surface area contributed by atoms with E-state index in [0.717, 1.165) is 85.4 Å². The molecule has 0 fully saturated rings. The van der Waals surface area contributed by atoms with E-state index in [1.807, 2.05) is 68.5 Å². The number of benzene rings is 3. The highest BCUT2D eigenvalue weighted by atomic mass is 35.5. The molecule has 3 aromatic carbocycles. The van der Waals surface area contributed by atoms with Gasteiger partial charge in [-0.15, -0.1) is 11.8 Å². The fourth-order valence-corrected chi connectivity index (χ4v) is 8.43. The van der Waals surface area contributed by atoms with Gasteiger partial charge < -0.3 is 19.7 Å². The fraction of sp³-hybridized carbons (Fsp3) is 0.359. The molecule has 0 saturated heterocycles. The summed E-state index contributed by atoms with van der Waals surface area (Å²) in [6.07, 6.45) is 2.99. The molecule has 268 valence electrons. The Balaban J connectivity index is 0.00000220. The zero-order valence-corrected chi connectivity index (χ0v) is 31.5. The summed E-state index contributed by atoms with van der Waals surface area (Å²) in [6, 6.07) is 14.6. The third-order valence-corrected chi connectivity index (χ3v) is 10.7. The molecule has 1 aliphatic heterocycles. The van der Waals surface area contributed by atoms with Crippen molar-refractivity contribution < 1.29 is 19.0 Å². The van der Waals surface area contributed by atoms with Crippen LogP contribution in [0.1, 0.15) is 65.5 Å². The second kappa shape index (κ2) is 15.5. The first-order chi connectivity index (χ1) is 24.6. The van der Waals surface area contributed by atoms with E-state index in [9.17, 15) is 14.3 Å². The number of carbonyl (C=O) groups is 1. The number of nitrogens with one attached hydrogen (secondary N) is 1. The monoisotopic (exact) mass is 730 g/mol. The number of aromatic nitrogens is 5. The van der Waals surface area contributed by atoms with Gasteiger partial charge >= 0.3 is 5.97 Å². The van der Waals surface area contributed by atoms with Crippen LogP contribution < -0.4 is 10.1 Å². The van der Waals surface area contributed by atoms with Crippen molar-refractivity contribution in [3.63, 3.8) is 0 Å². The van der Waals surface area contributed by atoms with Crippen LogP contribution in [0.2, 0.25) is 5.02 Å². The molecule has 2 N–H and O–H groups in total. The first kappa shape index (κ1) is 36.5. The number of carboxylic acids is 1. The molecule has 1 aliphatic rings. The number of thioether (sulfide) groups is 1. The molecule has 6 aromatic rings. The van der Waals surface area contributed by atoms with Crippen LogP contribution in [0.25, 0.3) is 32.8 Å². The molecule has 3 aromatic heterocycles. The molecule has 12 heteroatoms. The van der Waals surface area contributed by atoms with E-state index < -0.39 is 5.97 Å². The van der Waals surface area contributed by atoms with Crippen molar-refractivity contribution in [2.75, 3.05) is 13.7 Å². The zero-order valence-electron chi connectivity index (χ0n) is 29.9. The SMILES string of the molecule is CC.CNCc1cc(CSc2cc(OCCCc3c(C(=O)O)n(C)c4c(-c5c(C)nn6c5CCC6)c(Cl)ccc34)c3ccc(F)cc3c2)n(C)n1. The topological polar surface area (TPSA) is 99.1 Å². The van der Waals surface area contributed by atoms with Gasteiger partial charge in [-0.25, -0.2) is 9.18 Å². The minimum absolute atomic E-state index is 0.243. The summed E-state index contributed by atoms with van der Waals surface area (Å²) >= 11 is 8.52. The normalized spacial score (nSPS) is 12.4. The number of nitrogens with zero attached hydrogens (tertiary/aromatic N) is 5. The van der Waals surface area contributed by atoms with E-state index in [1.54, 1.807) is 29.4 Å². The summed E-state index contributed by atoms with van der Waals surface area (Å²) in [7, 11) is 5.63. The number of carboxylic acid groups (broad SMARTS) is 1. The predicted octanol–water partition coefficient (Wildman–Crippen LogP) is 8.72. The van der Waals surface area contributed by atoms with E-state index in [2.05, 4.69) is 16.5 Å². The molecule has 0 saturated carbocycles. The van der Waals surface area contributed by atoms with Gasteiger partial charge in [-0.2, -0.15) is 10.2 Å². The van der Waals surface area contributed by atoms with Gasteiger partial charge in [-0.05, 0) is 93.1 Å². The van der Waals surface area contributed by atoms with E-state index in [0.29, 0.717) is 42.5 Å². The van der Waals surface area contributed by atoms with Gasteiger partial charge in [-0.1, -0.05) is 31.5 Å². The Hall–Kier alpha value is -4.32. The summed E-state index contributed by atoms with van der Waals surface area (Å²) < 4.78 is 26.4. The number of aromatic carboxylic acids is 1. The van der Waals surface area contributed by atoms with Gasteiger partial charge in [-0.3, -0.25) is 9.36 Å². The first-order valence-electron chi connectivity index (χ1n) is 17.4. The van der Waals surface area contributed by atoms with Crippen LogP contribution >= 0.6 is 23.4 Å². The molecular weight excluding hydrogens is 687 g/mol. The van der Waals surface area contributed by atoms with Crippen LogP contribution in [0.3, 0.4) is 0 Å². The third kappa shape index (κ3) is 7.11. The van der Waals surface area contributed by atoms with Crippen molar-refractivity contribution in [2.24, 2.45) is 14.1 Å². The Morgan fingerprint density at radius 1 is 1.08 bits per heavy atom. The molecule has 0 unspecified atom stereocenters. The number of halogens is 2. The van der Waals surface area contributed by atoms with Crippen LogP contribution in [0, 0.1) is 12.7 Å². The molecule has 4 heterocycles. The molecule has 51 heavy (non-hydrogen) atoms. The average Bonchev–Trinajstić information content (AvgIpc) is 3.85. The summed E-state index contributed by atoms with van der Waals surface area (Å²) in [5, 5.41) is 25.9. The van der Waals surface area contributed by atoms with Crippen molar-refractivity contribution in [3.8, 4) is 16.9 Å². The Labute approximate surface area is 306 Å². The summed E-state index contributed by atoms with van der Waals surface area (Å²) in [4.78, 5) is 13.6. The number of fused-ring (bicyclic) bond motifs is 3. The van der Waals surface area contributed by atoms with Crippen LogP contribution in [-0.4, -0.2) is 48.9 Å². The highest BCUT2D eigenvalue weighted by Crippen LogP contribution is 2.43. The van der Waals surface area contributed by atoms with Gasteiger partial charge in [0.15, 0.2) is 0 Å². The average molecular weight is 731 g/mol. The molecule has 0 aliphatic carbocycles. The van der Waals surface area contributed by atoms with E-state index >= 15 is 0 Å². The lowest BCUT2D eigenvalue weighted by molar-refractivity contribution is 0.0685. The highest BCUT2D eigenvalue weighted by Gasteiger charge is 2.28. The molecule has 0 radical (unpaired) electrons. The van der Waals surface area contributed by atoms with E-state index in [4.69, 9.17) is 21.4 Å². The zero-order chi connectivity index (χ0) is 36.4. The van der Waals surface area contributed by atoms with Crippen molar-refractivity contribution >= 4 is 51.0 Å². The molecule has 0 amide bonds. The maximum Gasteiger partial charge on any atom is 0.352 e. The van der Waals surface area contributed by atoms with Crippen molar-refractivity contribution in [3.05, 3.63) is 93.4 Å². The number of hydrogen-bond donors (Lipinski definition) is 2. The van der Waals surface area contributed by atoms with Crippen molar-refractivity contribution in [1.82, 2.24) is 29.4 Å². The van der Waals surface area contributed by atoms with Crippen LogP contribution in [0.4, 0.5) is 4.39 Å². The maximum absolute atomic E-state index is 14.3.